The van der Waals surface area contributed by atoms with E-state index in [1.165, 1.54) is 31.4 Å². The summed E-state index contributed by atoms with van der Waals surface area (Å²) < 4.78 is 18.9. The summed E-state index contributed by atoms with van der Waals surface area (Å²) in [6, 6.07) is 19.8. The van der Waals surface area contributed by atoms with E-state index >= 15 is 0 Å². The summed E-state index contributed by atoms with van der Waals surface area (Å²) in [5, 5.41) is 3.10. The maximum atomic E-state index is 13.5. The molecule has 32 heavy (non-hydrogen) atoms. The number of hydrogen-bond donors (Lipinski definition) is 1. The minimum Gasteiger partial charge on any atom is -0.495 e. The lowest BCUT2D eigenvalue weighted by Gasteiger charge is -2.18. The van der Waals surface area contributed by atoms with Gasteiger partial charge in [-0.25, -0.2) is 9.29 Å². The van der Waals surface area contributed by atoms with Crippen LogP contribution in [-0.2, 0) is 9.59 Å². The van der Waals surface area contributed by atoms with Crippen molar-refractivity contribution in [2.75, 3.05) is 36.3 Å². The highest BCUT2D eigenvalue weighted by atomic mass is 19.1. The molecule has 0 unspecified atom stereocenters. The van der Waals surface area contributed by atoms with E-state index in [9.17, 15) is 14.0 Å². The molecule has 1 heterocycles. The van der Waals surface area contributed by atoms with E-state index in [2.05, 4.69) is 5.32 Å². The Bertz CT molecular complexity index is 1200. The predicted octanol–water partition coefficient (Wildman–Crippen LogP) is 4.30. The van der Waals surface area contributed by atoms with Crippen molar-refractivity contribution in [3.05, 3.63) is 89.9 Å². The monoisotopic (exact) mass is 431 g/mol. The summed E-state index contributed by atoms with van der Waals surface area (Å²) in [4.78, 5) is 30.0. The first-order valence-electron chi connectivity index (χ1n) is 9.97. The molecule has 0 saturated carbocycles. The average molecular weight is 431 g/mol. The van der Waals surface area contributed by atoms with Crippen LogP contribution in [0.25, 0.3) is 5.57 Å². The van der Waals surface area contributed by atoms with E-state index in [1.807, 2.05) is 43.3 Å². The van der Waals surface area contributed by atoms with E-state index in [0.717, 1.165) is 10.6 Å². The number of imide groups is 1. The molecule has 0 aliphatic carbocycles. The first-order chi connectivity index (χ1) is 15.4. The average Bonchev–Trinajstić information content (AvgIpc) is 3.04. The molecule has 7 heteroatoms. The largest absolute Gasteiger partial charge is 0.495 e. The van der Waals surface area contributed by atoms with E-state index in [4.69, 9.17) is 4.74 Å². The van der Waals surface area contributed by atoms with Crippen LogP contribution in [0.1, 0.15) is 5.56 Å². The van der Waals surface area contributed by atoms with Crippen molar-refractivity contribution in [1.29, 1.82) is 0 Å². The third-order valence-corrected chi connectivity index (χ3v) is 5.20. The second kappa shape index (κ2) is 8.55. The highest BCUT2D eigenvalue weighted by molar-refractivity contribution is 6.46. The van der Waals surface area contributed by atoms with E-state index < -0.39 is 17.6 Å². The van der Waals surface area contributed by atoms with Crippen molar-refractivity contribution in [3.8, 4) is 5.75 Å². The van der Waals surface area contributed by atoms with Crippen LogP contribution in [-0.4, -0.2) is 33.0 Å². The van der Waals surface area contributed by atoms with Crippen molar-refractivity contribution in [2.24, 2.45) is 0 Å². The zero-order valence-electron chi connectivity index (χ0n) is 17.9. The molecular weight excluding hydrogens is 409 g/mol. The number of rotatable bonds is 6. The van der Waals surface area contributed by atoms with Crippen LogP contribution >= 0.6 is 0 Å². The van der Waals surface area contributed by atoms with Gasteiger partial charge in [0.25, 0.3) is 11.8 Å². The number of nitrogens with zero attached hydrogens (tertiary/aromatic N) is 2. The van der Waals surface area contributed by atoms with Gasteiger partial charge in [0.05, 0.1) is 18.4 Å². The molecule has 6 nitrogen and oxygen atoms in total. The Hall–Kier alpha value is -4.13. The second-order valence-corrected chi connectivity index (χ2v) is 7.44. The lowest BCUT2D eigenvalue weighted by atomic mass is 10.0. The molecule has 0 spiro atoms. The molecule has 0 aromatic heterocycles. The summed E-state index contributed by atoms with van der Waals surface area (Å²) >= 11 is 0. The van der Waals surface area contributed by atoms with E-state index in [0.29, 0.717) is 22.7 Å². The Morgan fingerprint density at radius 3 is 2.16 bits per heavy atom. The number of amides is 2. The molecule has 1 N–H and O–H groups in total. The van der Waals surface area contributed by atoms with Gasteiger partial charge in [-0.3, -0.25) is 9.59 Å². The molecular formula is C25H22FN3O3. The SMILES string of the molecule is COc1ccccc1N1C(=O)C(Nc2ccc(N(C)C)cc2)=C(c2ccc(F)cc2)C1=O. The molecule has 162 valence electrons. The van der Waals surface area contributed by atoms with Gasteiger partial charge in [-0.1, -0.05) is 24.3 Å². The number of nitrogens with one attached hydrogen (secondary N) is 1. The van der Waals surface area contributed by atoms with Crippen LogP contribution in [0.5, 0.6) is 5.75 Å². The molecule has 4 rings (SSSR count). The number of methoxy groups -OCH3 is 1. The zero-order chi connectivity index (χ0) is 22.8. The Labute approximate surface area is 185 Å². The quantitative estimate of drug-likeness (QED) is 0.590. The van der Waals surface area contributed by atoms with Crippen LogP contribution in [0, 0.1) is 5.82 Å². The van der Waals surface area contributed by atoms with Crippen molar-refractivity contribution < 1.29 is 18.7 Å². The molecule has 2 amide bonds. The second-order valence-electron chi connectivity index (χ2n) is 7.44. The maximum Gasteiger partial charge on any atom is 0.282 e. The predicted molar refractivity (Wildman–Crippen MR) is 123 cm³/mol. The van der Waals surface area contributed by atoms with Gasteiger partial charge in [0.2, 0.25) is 0 Å². The van der Waals surface area contributed by atoms with Gasteiger partial charge >= 0.3 is 0 Å². The van der Waals surface area contributed by atoms with Crippen LogP contribution in [0.3, 0.4) is 0 Å². The van der Waals surface area contributed by atoms with Gasteiger partial charge in [0.15, 0.2) is 0 Å². The number of ether oxygens (including phenoxy) is 1. The van der Waals surface area contributed by atoms with Gasteiger partial charge in [0, 0.05) is 25.5 Å². The summed E-state index contributed by atoms with van der Waals surface area (Å²) in [5.41, 5.74) is 2.70. The summed E-state index contributed by atoms with van der Waals surface area (Å²) in [6.07, 6.45) is 0. The van der Waals surface area contributed by atoms with Gasteiger partial charge in [0.1, 0.15) is 17.3 Å². The standard InChI is InChI=1S/C25H22FN3O3/c1-28(2)19-14-12-18(13-15-19)27-23-22(16-8-10-17(26)11-9-16)24(30)29(25(23)31)20-6-4-5-7-21(20)32-3/h4-15,27H,1-3H3. The number of halogens is 1. The minimum absolute atomic E-state index is 0.116. The molecule has 1 aliphatic rings. The summed E-state index contributed by atoms with van der Waals surface area (Å²) in [6.45, 7) is 0. The number of benzene rings is 3. The van der Waals surface area contributed by atoms with Crippen molar-refractivity contribution >= 4 is 34.4 Å². The van der Waals surface area contributed by atoms with E-state index in [-0.39, 0.29) is 11.3 Å². The molecule has 0 fully saturated rings. The first-order valence-corrected chi connectivity index (χ1v) is 9.97. The van der Waals surface area contributed by atoms with Gasteiger partial charge in [-0.05, 0) is 54.1 Å². The number of anilines is 3. The topological polar surface area (TPSA) is 61.9 Å². The highest BCUT2D eigenvalue weighted by Crippen LogP contribution is 2.37. The highest BCUT2D eigenvalue weighted by Gasteiger charge is 2.41. The minimum atomic E-state index is -0.518. The Morgan fingerprint density at radius 2 is 1.53 bits per heavy atom. The van der Waals surface area contributed by atoms with Crippen molar-refractivity contribution in [3.63, 3.8) is 0 Å². The first kappa shape index (κ1) is 21.1. The maximum absolute atomic E-state index is 13.5. The molecule has 0 saturated heterocycles. The van der Waals surface area contributed by atoms with E-state index in [1.54, 1.807) is 24.3 Å². The summed E-state index contributed by atoms with van der Waals surface area (Å²) in [7, 11) is 5.34. The van der Waals surface area contributed by atoms with Crippen LogP contribution < -0.4 is 19.9 Å². The zero-order valence-corrected chi connectivity index (χ0v) is 17.9. The number of carbonyl (C=O) groups is 2. The fraction of sp³-hybridized carbons (Fsp3) is 0.120. The van der Waals surface area contributed by atoms with Gasteiger partial charge in [-0.15, -0.1) is 0 Å². The van der Waals surface area contributed by atoms with Crippen LogP contribution in [0.4, 0.5) is 21.5 Å². The lowest BCUT2D eigenvalue weighted by Crippen LogP contribution is -2.32. The Morgan fingerprint density at radius 1 is 0.875 bits per heavy atom. The van der Waals surface area contributed by atoms with Crippen molar-refractivity contribution in [1.82, 2.24) is 0 Å². The number of hydrogen-bond acceptors (Lipinski definition) is 5. The molecule has 0 radical (unpaired) electrons. The van der Waals surface area contributed by atoms with Gasteiger partial charge < -0.3 is 15.0 Å². The third kappa shape index (κ3) is 3.80. The Balaban J connectivity index is 1.80. The van der Waals surface area contributed by atoms with Crippen molar-refractivity contribution in [2.45, 2.75) is 0 Å². The summed E-state index contributed by atoms with van der Waals surface area (Å²) in [5.74, 6) is -1.07. The number of para-hydroxylation sites is 2. The van der Waals surface area contributed by atoms with Gasteiger partial charge in [-0.2, -0.15) is 0 Å². The van der Waals surface area contributed by atoms with Crippen LogP contribution in [0.15, 0.2) is 78.5 Å². The lowest BCUT2D eigenvalue weighted by molar-refractivity contribution is -0.120. The number of carbonyl (C=O) groups excluding carboxylic acids is 2. The fourth-order valence-electron chi connectivity index (χ4n) is 3.55. The molecule has 0 atom stereocenters. The molecule has 3 aromatic rings. The normalized spacial score (nSPS) is 13.6. The Kier molecular flexibility index (Phi) is 5.64. The molecule has 0 bridgehead atoms. The molecule has 3 aromatic carbocycles. The smallest absolute Gasteiger partial charge is 0.282 e. The van der Waals surface area contributed by atoms with Crippen LogP contribution in [0.2, 0.25) is 0 Å². The molecule has 1 aliphatic heterocycles. The fourth-order valence-corrected chi connectivity index (χ4v) is 3.55. The third-order valence-electron chi connectivity index (χ3n) is 5.20.